The number of nitrogens with zero attached hydrogens (tertiary/aromatic N) is 5. The van der Waals surface area contributed by atoms with E-state index in [1.165, 1.54) is 17.1 Å². The summed E-state index contributed by atoms with van der Waals surface area (Å²) in [6.07, 6.45) is 2.07. The zero-order valence-electron chi connectivity index (χ0n) is 14.4. The summed E-state index contributed by atoms with van der Waals surface area (Å²) in [6, 6.07) is 13.9. The number of hydrogen-bond donors (Lipinski definition) is 1. The lowest BCUT2D eigenvalue weighted by molar-refractivity contribution is -0.123. The molecule has 3 aromatic rings. The molecule has 1 atom stereocenters. The molecule has 0 aliphatic heterocycles. The summed E-state index contributed by atoms with van der Waals surface area (Å²) in [5.74, 6) is -0.194. The topological polar surface area (TPSA) is 94.7 Å². The number of aromatic nitrogens is 5. The number of tetrazole rings is 1. The summed E-state index contributed by atoms with van der Waals surface area (Å²) in [5.41, 5.74) is 1.67. The molecule has 0 saturated heterocycles. The normalized spacial score (nSPS) is 11.9. The Hall–Kier alpha value is -3.29. The van der Waals surface area contributed by atoms with Crippen molar-refractivity contribution in [2.75, 3.05) is 6.54 Å². The first-order valence-electron chi connectivity index (χ1n) is 8.38. The predicted octanol–water partition coefficient (Wildman–Crippen LogP) is 0.939. The van der Waals surface area contributed by atoms with Crippen molar-refractivity contribution >= 4 is 5.91 Å². The molecule has 8 nitrogen and oxygen atoms in total. The first-order chi connectivity index (χ1) is 12.7. The van der Waals surface area contributed by atoms with Gasteiger partial charge in [0.1, 0.15) is 6.33 Å². The Morgan fingerprint density at radius 2 is 1.96 bits per heavy atom. The molecule has 0 spiro atoms. The predicted molar refractivity (Wildman–Crippen MR) is 95.5 cm³/mol. The molecular weight excluding hydrogens is 332 g/mol. The van der Waals surface area contributed by atoms with Crippen LogP contribution in [-0.2, 0) is 11.3 Å². The van der Waals surface area contributed by atoms with E-state index in [1.54, 1.807) is 10.6 Å². The van der Waals surface area contributed by atoms with Crippen molar-refractivity contribution in [2.24, 2.45) is 0 Å². The quantitative estimate of drug-likeness (QED) is 0.639. The molecule has 2 aromatic heterocycles. The number of aryl methyl sites for hydroxylation is 1. The van der Waals surface area contributed by atoms with Gasteiger partial charge in [0.2, 0.25) is 5.91 Å². The highest BCUT2D eigenvalue weighted by Crippen LogP contribution is 2.16. The molecule has 3 rings (SSSR count). The van der Waals surface area contributed by atoms with Crippen molar-refractivity contribution in [3.8, 4) is 0 Å². The largest absolute Gasteiger partial charge is 0.354 e. The standard InChI is InChI=1S/C18H20N6O2/c1-14-7-5-10-16(25)23(14)12-6-11-19-18(26)17(24-13-20-21-22-24)15-8-3-2-4-9-15/h2-5,7-10,13,17H,6,11-12H2,1H3,(H,19,26)/t17-/m1/s1. The van der Waals surface area contributed by atoms with Crippen molar-refractivity contribution < 1.29 is 4.79 Å². The number of pyridine rings is 1. The summed E-state index contributed by atoms with van der Waals surface area (Å²) < 4.78 is 3.12. The highest BCUT2D eigenvalue weighted by Gasteiger charge is 2.23. The van der Waals surface area contributed by atoms with E-state index in [0.717, 1.165) is 11.3 Å². The molecule has 0 fully saturated rings. The third-order valence-electron chi connectivity index (χ3n) is 4.12. The van der Waals surface area contributed by atoms with E-state index in [4.69, 9.17) is 0 Å². The first-order valence-corrected chi connectivity index (χ1v) is 8.38. The van der Waals surface area contributed by atoms with Gasteiger partial charge in [0.15, 0.2) is 6.04 Å². The van der Waals surface area contributed by atoms with Crippen LogP contribution in [-0.4, -0.2) is 37.2 Å². The van der Waals surface area contributed by atoms with Crippen LogP contribution in [0.1, 0.15) is 23.7 Å². The summed E-state index contributed by atoms with van der Waals surface area (Å²) in [7, 11) is 0. The van der Waals surface area contributed by atoms with Crippen LogP contribution in [0.5, 0.6) is 0 Å². The SMILES string of the molecule is Cc1cccc(=O)n1CCCNC(=O)[C@@H](c1ccccc1)n1cnnn1. The van der Waals surface area contributed by atoms with E-state index in [0.29, 0.717) is 19.5 Å². The third kappa shape index (κ3) is 4.02. The van der Waals surface area contributed by atoms with Crippen molar-refractivity contribution in [1.82, 2.24) is 30.1 Å². The molecule has 0 saturated carbocycles. The average Bonchev–Trinajstić information content (AvgIpc) is 3.16. The Morgan fingerprint density at radius 3 is 2.65 bits per heavy atom. The smallest absolute Gasteiger partial charge is 0.250 e. The number of amides is 1. The Kier molecular flexibility index (Phi) is 5.52. The van der Waals surface area contributed by atoms with Crippen LogP contribution in [0.3, 0.4) is 0 Å². The highest BCUT2D eigenvalue weighted by atomic mass is 16.2. The summed E-state index contributed by atoms with van der Waals surface area (Å²) in [5, 5.41) is 14.0. The molecule has 1 aromatic carbocycles. The Bertz CT molecular complexity index is 905. The minimum Gasteiger partial charge on any atom is -0.354 e. The summed E-state index contributed by atoms with van der Waals surface area (Å²) in [6.45, 7) is 2.89. The maximum absolute atomic E-state index is 12.7. The van der Waals surface area contributed by atoms with Gasteiger partial charge in [-0.2, -0.15) is 0 Å². The molecule has 1 amide bonds. The van der Waals surface area contributed by atoms with Gasteiger partial charge in [-0.05, 0) is 35.4 Å². The number of benzene rings is 1. The number of nitrogens with one attached hydrogen (secondary N) is 1. The second-order valence-corrected chi connectivity index (χ2v) is 5.90. The fraction of sp³-hybridized carbons (Fsp3) is 0.278. The second kappa shape index (κ2) is 8.19. The van der Waals surface area contributed by atoms with Crippen LogP contribution in [0.25, 0.3) is 0 Å². The molecule has 0 unspecified atom stereocenters. The van der Waals surface area contributed by atoms with E-state index in [9.17, 15) is 9.59 Å². The van der Waals surface area contributed by atoms with Crippen LogP contribution in [0.2, 0.25) is 0 Å². The van der Waals surface area contributed by atoms with E-state index in [1.807, 2.05) is 43.3 Å². The number of carbonyl (C=O) groups is 1. The molecule has 0 bridgehead atoms. The van der Waals surface area contributed by atoms with Gasteiger partial charge in [0, 0.05) is 24.8 Å². The molecule has 0 aliphatic carbocycles. The van der Waals surface area contributed by atoms with Gasteiger partial charge in [-0.15, -0.1) is 5.10 Å². The molecule has 1 N–H and O–H groups in total. The summed E-state index contributed by atoms with van der Waals surface area (Å²) in [4.78, 5) is 24.6. The first kappa shape index (κ1) is 17.5. The Balaban J connectivity index is 1.63. The van der Waals surface area contributed by atoms with E-state index >= 15 is 0 Å². The molecule has 134 valence electrons. The van der Waals surface area contributed by atoms with Crippen molar-refractivity contribution in [3.05, 3.63) is 76.5 Å². The second-order valence-electron chi connectivity index (χ2n) is 5.90. The van der Waals surface area contributed by atoms with Crippen molar-refractivity contribution in [2.45, 2.75) is 25.9 Å². The fourth-order valence-corrected chi connectivity index (χ4v) is 2.80. The summed E-state index contributed by atoms with van der Waals surface area (Å²) >= 11 is 0. The van der Waals surface area contributed by atoms with Gasteiger partial charge >= 0.3 is 0 Å². The molecule has 0 aliphatic rings. The van der Waals surface area contributed by atoms with Crippen molar-refractivity contribution in [3.63, 3.8) is 0 Å². The van der Waals surface area contributed by atoms with Gasteiger partial charge in [-0.1, -0.05) is 36.4 Å². The zero-order valence-corrected chi connectivity index (χ0v) is 14.4. The monoisotopic (exact) mass is 352 g/mol. The van der Waals surface area contributed by atoms with Crippen LogP contribution < -0.4 is 10.9 Å². The fourth-order valence-electron chi connectivity index (χ4n) is 2.80. The lowest BCUT2D eigenvalue weighted by Crippen LogP contribution is -2.35. The Labute approximate surface area is 150 Å². The van der Waals surface area contributed by atoms with E-state index < -0.39 is 6.04 Å². The van der Waals surface area contributed by atoms with Gasteiger partial charge in [0.25, 0.3) is 5.56 Å². The molecule has 0 radical (unpaired) electrons. The lowest BCUT2D eigenvalue weighted by atomic mass is 10.1. The number of carbonyl (C=O) groups excluding carboxylic acids is 1. The van der Waals surface area contributed by atoms with Crippen molar-refractivity contribution in [1.29, 1.82) is 0 Å². The van der Waals surface area contributed by atoms with Gasteiger partial charge in [-0.3, -0.25) is 9.59 Å². The Morgan fingerprint density at radius 1 is 1.15 bits per heavy atom. The van der Waals surface area contributed by atoms with Crippen LogP contribution in [0.15, 0.2) is 59.7 Å². The van der Waals surface area contributed by atoms with Crippen LogP contribution in [0, 0.1) is 6.92 Å². The molecular formula is C18H20N6O2. The lowest BCUT2D eigenvalue weighted by Gasteiger charge is -2.17. The van der Waals surface area contributed by atoms with E-state index in [2.05, 4.69) is 20.8 Å². The zero-order chi connectivity index (χ0) is 18.4. The minimum absolute atomic E-state index is 0.0350. The highest BCUT2D eigenvalue weighted by molar-refractivity contribution is 5.83. The molecule has 2 heterocycles. The molecule has 26 heavy (non-hydrogen) atoms. The average molecular weight is 352 g/mol. The number of rotatable bonds is 7. The van der Waals surface area contributed by atoms with Gasteiger partial charge < -0.3 is 9.88 Å². The maximum Gasteiger partial charge on any atom is 0.250 e. The maximum atomic E-state index is 12.7. The van der Waals surface area contributed by atoms with Crippen LogP contribution in [0.4, 0.5) is 0 Å². The third-order valence-corrected chi connectivity index (χ3v) is 4.12. The van der Waals surface area contributed by atoms with Gasteiger partial charge in [0.05, 0.1) is 0 Å². The number of hydrogen-bond acceptors (Lipinski definition) is 5. The van der Waals surface area contributed by atoms with E-state index in [-0.39, 0.29) is 11.5 Å². The van der Waals surface area contributed by atoms with Crippen LogP contribution >= 0.6 is 0 Å². The van der Waals surface area contributed by atoms with Gasteiger partial charge in [-0.25, -0.2) is 4.68 Å². The molecule has 8 heteroatoms. The minimum atomic E-state index is -0.632.